The van der Waals surface area contributed by atoms with Gasteiger partial charge in [-0.05, 0) is 41.5 Å². The van der Waals surface area contributed by atoms with Crippen molar-refractivity contribution < 1.29 is 14.0 Å². The molecule has 1 aliphatic carbocycles. The van der Waals surface area contributed by atoms with Gasteiger partial charge in [-0.2, -0.15) is 0 Å². The molecule has 142 valence electrons. The molecule has 1 heterocycles. The van der Waals surface area contributed by atoms with Crippen molar-refractivity contribution in [3.63, 3.8) is 0 Å². The number of pyridine rings is 1. The van der Waals surface area contributed by atoms with Crippen molar-refractivity contribution in [2.24, 2.45) is 5.73 Å². The zero-order valence-electron chi connectivity index (χ0n) is 14.9. The molecule has 1 unspecified atom stereocenters. The Labute approximate surface area is 165 Å². The summed E-state index contributed by atoms with van der Waals surface area (Å²) in [4.78, 5) is 30.7. The molecule has 2 N–H and O–H groups in total. The van der Waals surface area contributed by atoms with Gasteiger partial charge in [-0.3, -0.25) is 14.6 Å². The van der Waals surface area contributed by atoms with Crippen LogP contribution in [0.25, 0.3) is 10.8 Å². The number of hydrogen-bond donors (Lipinski definition) is 1. The molecular formula is C21H17ClFN3O2. The van der Waals surface area contributed by atoms with E-state index in [-0.39, 0.29) is 17.5 Å². The van der Waals surface area contributed by atoms with Crippen LogP contribution in [0.3, 0.4) is 0 Å². The van der Waals surface area contributed by atoms with Crippen molar-refractivity contribution in [2.45, 2.75) is 18.9 Å². The molecule has 0 bridgehead atoms. The largest absolute Gasteiger partial charge is 0.368 e. The quantitative estimate of drug-likeness (QED) is 0.730. The number of primary amides is 1. The third kappa shape index (κ3) is 3.20. The summed E-state index contributed by atoms with van der Waals surface area (Å²) < 4.78 is 14.3. The Morgan fingerprint density at radius 2 is 2.04 bits per heavy atom. The van der Waals surface area contributed by atoms with E-state index in [9.17, 15) is 14.0 Å². The second-order valence-corrected chi connectivity index (χ2v) is 7.25. The van der Waals surface area contributed by atoms with Gasteiger partial charge in [-0.15, -0.1) is 0 Å². The van der Waals surface area contributed by atoms with Gasteiger partial charge in [-0.1, -0.05) is 35.9 Å². The number of carbonyl (C=O) groups excluding carboxylic acids is 2. The second-order valence-electron chi connectivity index (χ2n) is 6.82. The maximum atomic E-state index is 14.3. The van der Waals surface area contributed by atoms with Crippen LogP contribution < -0.4 is 5.73 Å². The molecule has 28 heavy (non-hydrogen) atoms. The number of rotatable bonds is 4. The van der Waals surface area contributed by atoms with Gasteiger partial charge in [0, 0.05) is 22.8 Å². The molecule has 1 aliphatic rings. The second kappa shape index (κ2) is 7.20. The first-order valence-electron chi connectivity index (χ1n) is 8.85. The van der Waals surface area contributed by atoms with Crippen molar-refractivity contribution >= 4 is 34.2 Å². The predicted molar refractivity (Wildman–Crippen MR) is 104 cm³/mol. The molecule has 0 radical (unpaired) electrons. The Bertz CT molecular complexity index is 1100. The van der Waals surface area contributed by atoms with Gasteiger partial charge in [0.05, 0.1) is 11.6 Å². The molecule has 0 saturated carbocycles. The molecule has 0 spiro atoms. The molecule has 1 aromatic heterocycles. The normalized spacial score (nSPS) is 15.4. The maximum absolute atomic E-state index is 14.3. The fraction of sp³-hybridized carbons (Fsp3) is 0.190. The average molecular weight is 398 g/mol. The van der Waals surface area contributed by atoms with E-state index in [1.54, 1.807) is 12.3 Å². The van der Waals surface area contributed by atoms with Gasteiger partial charge in [-0.25, -0.2) is 4.39 Å². The van der Waals surface area contributed by atoms with Gasteiger partial charge in [0.1, 0.15) is 12.4 Å². The smallest absolute Gasteiger partial charge is 0.257 e. The summed E-state index contributed by atoms with van der Waals surface area (Å²) in [6.07, 6.45) is 4.10. The number of carbonyl (C=O) groups is 2. The number of nitrogens with zero attached hydrogens (tertiary/aromatic N) is 2. The molecule has 5 nitrogen and oxygen atoms in total. The Morgan fingerprint density at radius 1 is 1.25 bits per heavy atom. The first-order valence-corrected chi connectivity index (χ1v) is 9.23. The zero-order chi connectivity index (χ0) is 19.8. The highest BCUT2D eigenvalue weighted by molar-refractivity contribution is 6.30. The molecule has 0 fully saturated rings. The van der Waals surface area contributed by atoms with Crippen LogP contribution in [0.2, 0.25) is 5.02 Å². The van der Waals surface area contributed by atoms with Crippen LogP contribution >= 0.6 is 11.6 Å². The first kappa shape index (κ1) is 18.4. The minimum atomic E-state index is -0.641. The SMILES string of the molecule is NC(=O)CN(C(=O)c1cncc2ccccc12)C1CCc2c(F)cc(Cl)cc21. The third-order valence-corrected chi connectivity index (χ3v) is 5.30. The van der Waals surface area contributed by atoms with Crippen LogP contribution in [0.4, 0.5) is 4.39 Å². The zero-order valence-corrected chi connectivity index (χ0v) is 15.6. The lowest BCUT2D eigenvalue weighted by molar-refractivity contribution is -0.119. The molecule has 0 aliphatic heterocycles. The summed E-state index contributed by atoms with van der Waals surface area (Å²) >= 11 is 6.03. The molecule has 4 rings (SSSR count). The van der Waals surface area contributed by atoms with Crippen LogP contribution in [-0.4, -0.2) is 28.2 Å². The van der Waals surface area contributed by atoms with Gasteiger partial charge in [0.25, 0.3) is 5.91 Å². The number of fused-ring (bicyclic) bond motifs is 2. The summed E-state index contributed by atoms with van der Waals surface area (Å²) in [6.45, 7) is -0.277. The number of benzene rings is 2. The monoisotopic (exact) mass is 397 g/mol. The molecule has 3 aromatic rings. The van der Waals surface area contributed by atoms with E-state index >= 15 is 0 Å². The number of amides is 2. The number of nitrogens with two attached hydrogens (primary N) is 1. The fourth-order valence-electron chi connectivity index (χ4n) is 3.88. The molecule has 0 saturated heterocycles. The number of halogens is 2. The molecule has 2 aromatic carbocycles. The summed E-state index contributed by atoms with van der Waals surface area (Å²) in [6, 6.07) is 9.80. The van der Waals surface area contributed by atoms with Crippen LogP contribution in [-0.2, 0) is 11.2 Å². The molecule has 7 heteroatoms. The predicted octanol–water partition coefficient (Wildman–Crippen LogP) is 3.64. The van der Waals surface area contributed by atoms with Crippen LogP contribution in [0.1, 0.15) is 33.9 Å². The Kier molecular flexibility index (Phi) is 4.73. The van der Waals surface area contributed by atoms with Crippen LogP contribution in [0, 0.1) is 5.82 Å². The van der Waals surface area contributed by atoms with Crippen molar-refractivity contribution in [3.05, 3.63) is 76.3 Å². The minimum Gasteiger partial charge on any atom is -0.368 e. The van der Waals surface area contributed by atoms with Gasteiger partial charge in [0.2, 0.25) is 5.91 Å². The lowest BCUT2D eigenvalue weighted by atomic mass is 10.0. The van der Waals surface area contributed by atoms with E-state index in [4.69, 9.17) is 17.3 Å². The van der Waals surface area contributed by atoms with E-state index in [0.29, 0.717) is 29.5 Å². The highest BCUT2D eigenvalue weighted by atomic mass is 35.5. The number of aromatic nitrogens is 1. The Balaban J connectivity index is 1.80. The lowest BCUT2D eigenvalue weighted by Gasteiger charge is -2.29. The van der Waals surface area contributed by atoms with Crippen molar-refractivity contribution in [3.8, 4) is 0 Å². The Morgan fingerprint density at radius 3 is 2.82 bits per heavy atom. The topological polar surface area (TPSA) is 76.3 Å². The molecule has 1 atom stereocenters. The van der Waals surface area contributed by atoms with E-state index in [1.807, 2.05) is 24.3 Å². The highest BCUT2D eigenvalue weighted by Gasteiger charge is 2.34. The third-order valence-electron chi connectivity index (χ3n) is 5.08. The van der Waals surface area contributed by atoms with E-state index in [0.717, 1.165) is 10.8 Å². The summed E-state index contributed by atoms with van der Waals surface area (Å²) in [5, 5.41) is 1.79. The van der Waals surface area contributed by atoms with Gasteiger partial charge < -0.3 is 10.6 Å². The van der Waals surface area contributed by atoms with Gasteiger partial charge in [0.15, 0.2) is 0 Å². The minimum absolute atomic E-state index is 0.251. The average Bonchev–Trinajstić information content (AvgIpc) is 3.09. The Hall–Kier alpha value is -2.99. The summed E-state index contributed by atoms with van der Waals surface area (Å²) in [5.41, 5.74) is 6.93. The maximum Gasteiger partial charge on any atom is 0.257 e. The highest BCUT2D eigenvalue weighted by Crippen LogP contribution is 2.39. The van der Waals surface area contributed by atoms with Crippen molar-refractivity contribution in [1.29, 1.82) is 0 Å². The van der Waals surface area contributed by atoms with E-state index < -0.39 is 17.8 Å². The van der Waals surface area contributed by atoms with Crippen LogP contribution in [0.15, 0.2) is 48.8 Å². The molecule has 2 amide bonds. The van der Waals surface area contributed by atoms with E-state index in [1.165, 1.54) is 17.2 Å². The van der Waals surface area contributed by atoms with Gasteiger partial charge >= 0.3 is 0 Å². The summed E-state index contributed by atoms with van der Waals surface area (Å²) in [5.74, 6) is -1.41. The number of hydrogen-bond acceptors (Lipinski definition) is 3. The standard InChI is InChI=1S/C21H17ClFN3O2/c22-13-7-16-15(18(23)8-13)5-6-19(16)26(11-20(24)27)21(28)17-10-25-9-12-3-1-2-4-14(12)17/h1-4,7-10,19H,5-6,11H2,(H2,24,27). The van der Waals surface area contributed by atoms with Crippen molar-refractivity contribution in [2.75, 3.05) is 6.54 Å². The van der Waals surface area contributed by atoms with Crippen molar-refractivity contribution in [1.82, 2.24) is 9.88 Å². The molecular weight excluding hydrogens is 381 g/mol. The van der Waals surface area contributed by atoms with E-state index in [2.05, 4.69) is 4.98 Å². The fourth-order valence-corrected chi connectivity index (χ4v) is 4.09. The lowest BCUT2D eigenvalue weighted by Crippen LogP contribution is -2.40. The van der Waals surface area contributed by atoms with Crippen LogP contribution in [0.5, 0.6) is 0 Å². The first-order chi connectivity index (χ1) is 13.5. The summed E-state index contributed by atoms with van der Waals surface area (Å²) in [7, 11) is 0.